The molecule has 1 amide bonds. The van der Waals surface area contributed by atoms with Crippen molar-refractivity contribution in [3.05, 3.63) is 109 Å². The number of halogens is 7. The first-order valence-electron chi connectivity index (χ1n) is 19.1. The Morgan fingerprint density at radius 2 is 1.75 bits per heavy atom. The van der Waals surface area contributed by atoms with E-state index in [2.05, 4.69) is 20.2 Å². The van der Waals surface area contributed by atoms with Crippen molar-refractivity contribution >= 4 is 55.2 Å². The Kier molecular flexibility index (Phi) is 9.57. The Hall–Kier alpha value is -5.43. The number of anilines is 1. The first-order valence-corrected chi connectivity index (χ1v) is 21.4. The summed E-state index contributed by atoms with van der Waals surface area (Å²) in [6.45, 7) is -0.949. The van der Waals surface area contributed by atoms with Gasteiger partial charge >= 0.3 is 0 Å². The van der Waals surface area contributed by atoms with Crippen molar-refractivity contribution in [1.82, 2.24) is 34.4 Å². The first-order chi connectivity index (χ1) is 28.4. The van der Waals surface area contributed by atoms with Gasteiger partial charge < -0.3 is 5.32 Å². The second-order valence-electron chi connectivity index (χ2n) is 15.8. The highest BCUT2D eigenvalue weighted by atomic mass is 35.5. The van der Waals surface area contributed by atoms with Crippen LogP contribution >= 0.6 is 11.6 Å². The zero-order valence-electron chi connectivity index (χ0n) is 31.8. The van der Waals surface area contributed by atoms with Gasteiger partial charge in [-0.1, -0.05) is 30.5 Å². The maximum Gasteiger partial charge on any atom is 0.293 e. The molecule has 0 saturated heterocycles. The summed E-state index contributed by atoms with van der Waals surface area (Å²) in [6, 6.07) is 9.30. The molecule has 6 aromatic rings. The van der Waals surface area contributed by atoms with Crippen molar-refractivity contribution in [2.24, 2.45) is 13.0 Å². The SMILES string of the molecule is Cn1nc(NS(C)(=O)=O)c2c(Cl)ccc(-n3c([C@H](Cc4cc(F)cc(F)c4)NC(=O)Cn4nc(C(F)F)c5c4C(F)(F)[C@@H]4C[C@H]54)nc4cc(C5CCCC5)ccc4c3=O)c21. The molecule has 9 rings (SSSR count). The van der Waals surface area contributed by atoms with Crippen molar-refractivity contribution < 1.29 is 39.6 Å². The highest BCUT2D eigenvalue weighted by Crippen LogP contribution is 2.68. The van der Waals surface area contributed by atoms with Crippen LogP contribution in [-0.2, 0) is 40.8 Å². The number of nitrogens with zero attached hydrogens (tertiary/aromatic N) is 6. The minimum absolute atomic E-state index is 0.00594. The lowest BCUT2D eigenvalue weighted by molar-refractivity contribution is -0.123. The Morgan fingerprint density at radius 1 is 1.03 bits per heavy atom. The van der Waals surface area contributed by atoms with Crippen molar-refractivity contribution in [2.75, 3.05) is 11.0 Å². The van der Waals surface area contributed by atoms with Gasteiger partial charge in [-0.15, -0.1) is 0 Å². The van der Waals surface area contributed by atoms with Gasteiger partial charge in [0, 0.05) is 31.0 Å². The lowest BCUT2D eigenvalue weighted by Crippen LogP contribution is -2.38. The third-order valence-electron chi connectivity index (χ3n) is 11.7. The monoisotopic (exact) mass is 872 g/mol. The molecule has 60 heavy (non-hydrogen) atoms. The standard InChI is InChI=1S/C40H35ClF6N8O4S/c1-53-34-29(10-9-26(41)32(34)37(51-53)52-60(2,58)59)55-38(49-27-14-20(19-5-3-4-6-19)7-8-23(27)39(55)57)28(13-18-11-21(42)15-22(43)12-18)48-30(56)17-54-35-31(33(50-54)36(44)45)24-16-25(24)40(35,46)47/h7-12,14-15,19,24-25,28,36H,3-6,13,16-17H2,1-2H3,(H,48,56)(H,51,52)/t24-,25+,28-/m0/s1. The van der Waals surface area contributed by atoms with Gasteiger partial charge in [-0.25, -0.2) is 31.0 Å². The summed E-state index contributed by atoms with van der Waals surface area (Å²) in [5.41, 5.74) is -1.17. The molecule has 3 aromatic heterocycles. The number of nitrogens with one attached hydrogen (secondary N) is 2. The van der Waals surface area contributed by atoms with Crippen LogP contribution in [-0.4, -0.2) is 49.7 Å². The van der Waals surface area contributed by atoms with Gasteiger partial charge in [0.1, 0.15) is 35.4 Å². The Balaban J connectivity index is 1.24. The molecular formula is C40H35ClF6N8O4S. The average molecular weight is 873 g/mol. The van der Waals surface area contributed by atoms with Crippen LogP contribution in [0.4, 0.5) is 32.2 Å². The normalized spacial score (nSPS) is 19.0. The average Bonchev–Trinajstić information content (AvgIpc) is 3.40. The molecular weight excluding hydrogens is 838 g/mol. The highest BCUT2D eigenvalue weighted by Gasteiger charge is 2.67. The van der Waals surface area contributed by atoms with E-state index in [1.54, 1.807) is 12.1 Å². The summed E-state index contributed by atoms with van der Waals surface area (Å²) >= 11 is 6.63. The molecule has 0 unspecified atom stereocenters. The van der Waals surface area contributed by atoms with Crippen molar-refractivity contribution in [2.45, 2.75) is 75.3 Å². The number of carbonyl (C=O) groups excluding carboxylic acids is 1. The molecule has 0 bridgehead atoms. The van der Waals surface area contributed by atoms with E-state index in [0.29, 0.717) is 10.7 Å². The van der Waals surface area contributed by atoms with Gasteiger partial charge in [0.05, 0.1) is 44.8 Å². The minimum Gasteiger partial charge on any atom is -0.344 e. The van der Waals surface area contributed by atoms with E-state index in [9.17, 15) is 35.6 Å². The third kappa shape index (κ3) is 6.88. The molecule has 2 fully saturated rings. The Bertz CT molecular complexity index is 2930. The topological polar surface area (TPSA) is 146 Å². The van der Waals surface area contributed by atoms with Crippen molar-refractivity contribution in [3.63, 3.8) is 0 Å². The van der Waals surface area contributed by atoms with E-state index < -0.39 is 87.7 Å². The molecule has 3 aliphatic rings. The smallest absolute Gasteiger partial charge is 0.293 e. The number of aromatic nitrogens is 6. The number of fused-ring (bicyclic) bond motifs is 5. The molecule has 0 aliphatic heterocycles. The van der Waals surface area contributed by atoms with Crippen LogP contribution in [0, 0.1) is 17.6 Å². The van der Waals surface area contributed by atoms with Crippen LogP contribution in [0.1, 0.15) is 90.3 Å². The van der Waals surface area contributed by atoms with Crippen LogP contribution in [0.25, 0.3) is 27.5 Å². The molecule has 2 N–H and O–H groups in total. The lowest BCUT2D eigenvalue weighted by atomic mass is 9.96. The van der Waals surface area contributed by atoms with Crippen LogP contribution in [0.5, 0.6) is 0 Å². The van der Waals surface area contributed by atoms with Gasteiger partial charge in [0.25, 0.3) is 17.9 Å². The van der Waals surface area contributed by atoms with E-state index in [1.807, 2.05) is 6.07 Å². The Labute approximate surface area is 342 Å². The first kappa shape index (κ1) is 40.0. The molecule has 12 nitrogen and oxygen atoms in total. The summed E-state index contributed by atoms with van der Waals surface area (Å²) in [5.74, 6) is -8.58. The van der Waals surface area contributed by atoms with Crippen LogP contribution in [0.15, 0.2) is 53.3 Å². The van der Waals surface area contributed by atoms with E-state index in [4.69, 9.17) is 16.6 Å². The van der Waals surface area contributed by atoms with E-state index in [-0.39, 0.29) is 67.6 Å². The summed E-state index contributed by atoms with van der Waals surface area (Å²) in [7, 11) is -2.41. The number of aryl methyl sites for hydroxylation is 1. The maximum atomic E-state index is 15.5. The van der Waals surface area contributed by atoms with Gasteiger partial charge in [0.2, 0.25) is 15.9 Å². The van der Waals surface area contributed by atoms with Crippen molar-refractivity contribution in [3.8, 4) is 5.69 Å². The summed E-state index contributed by atoms with van der Waals surface area (Å²) < 4.78 is 119. The molecule has 3 aliphatic carbocycles. The van der Waals surface area contributed by atoms with Crippen molar-refractivity contribution in [1.29, 1.82) is 0 Å². The molecule has 0 radical (unpaired) electrons. The number of hydrogen-bond donors (Lipinski definition) is 2. The zero-order valence-corrected chi connectivity index (χ0v) is 33.4. The minimum atomic E-state index is -3.89. The molecule has 314 valence electrons. The number of amides is 1. The lowest BCUT2D eigenvalue weighted by Gasteiger charge is -2.24. The zero-order chi connectivity index (χ0) is 42.6. The number of carbonyl (C=O) groups is 1. The van der Waals surface area contributed by atoms with E-state index in [1.165, 1.54) is 23.9 Å². The number of sulfonamides is 1. The van der Waals surface area contributed by atoms with Gasteiger partial charge in [0.15, 0.2) is 5.82 Å². The number of hydrogen-bond acceptors (Lipinski definition) is 7. The molecule has 3 aromatic carbocycles. The van der Waals surface area contributed by atoms with Gasteiger partial charge in [-0.05, 0) is 78.6 Å². The highest BCUT2D eigenvalue weighted by molar-refractivity contribution is 7.92. The second kappa shape index (κ2) is 14.4. The second-order valence-corrected chi connectivity index (χ2v) is 17.9. The van der Waals surface area contributed by atoms with Crippen LogP contribution in [0.2, 0.25) is 5.02 Å². The van der Waals surface area contributed by atoms with Gasteiger partial charge in [-0.3, -0.25) is 28.2 Å². The summed E-state index contributed by atoms with van der Waals surface area (Å²) in [6.07, 6.45) is 1.19. The number of alkyl halides is 4. The molecule has 0 spiro atoms. The predicted molar refractivity (Wildman–Crippen MR) is 209 cm³/mol. The molecule has 3 heterocycles. The van der Waals surface area contributed by atoms with Gasteiger partial charge in [-0.2, -0.15) is 19.0 Å². The fourth-order valence-electron chi connectivity index (χ4n) is 9.11. The van der Waals surface area contributed by atoms with Crippen LogP contribution < -0.4 is 15.6 Å². The maximum absolute atomic E-state index is 15.5. The largest absolute Gasteiger partial charge is 0.344 e. The quantitative estimate of drug-likeness (QED) is 0.127. The third-order valence-corrected chi connectivity index (χ3v) is 12.5. The predicted octanol–water partition coefficient (Wildman–Crippen LogP) is 7.68. The number of rotatable bonds is 11. The Morgan fingerprint density at radius 3 is 2.43 bits per heavy atom. The van der Waals surface area contributed by atoms with E-state index >= 15 is 8.78 Å². The van der Waals surface area contributed by atoms with E-state index in [0.717, 1.165) is 54.2 Å². The number of benzene rings is 3. The summed E-state index contributed by atoms with van der Waals surface area (Å²) in [5, 5.41) is 11.1. The van der Waals surface area contributed by atoms with Crippen LogP contribution in [0.3, 0.4) is 0 Å². The fraction of sp³-hybridized carbons (Fsp3) is 0.375. The molecule has 2 saturated carbocycles. The fourth-order valence-corrected chi connectivity index (χ4v) is 9.85. The summed E-state index contributed by atoms with van der Waals surface area (Å²) in [4.78, 5) is 34.0. The molecule has 20 heteroatoms. The molecule has 3 atom stereocenters.